The molecule has 2 aromatic rings. The molecule has 1 aliphatic heterocycles. The molecule has 2 aromatic heterocycles. The molecule has 0 spiro atoms. The van der Waals surface area contributed by atoms with Gasteiger partial charge in [0.1, 0.15) is 5.69 Å². The Balaban J connectivity index is 1.43. The molecule has 1 atom stereocenters. The maximum absolute atomic E-state index is 13.1. The summed E-state index contributed by atoms with van der Waals surface area (Å²) in [6, 6.07) is 1.97. The van der Waals surface area contributed by atoms with E-state index in [1.165, 1.54) is 12.8 Å². The van der Waals surface area contributed by atoms with Crippen LogP contribution < -0.4 is 0 Å². The van der Waals surface area contributed by atoms with E-state index in [2.05, 4.69) is 35.5 Å². The molecular weight excluding hydrogens is 340 g/mol. The van der Waals surface area contributed by atoms with Crippen LogP contribution in [0.2, 0.25) is 0 Å². The Morgan fingerprint density at radius 1 is 1.30 bits per heavy atom. The maximum Gasteiger partial charge on any atom is 0.272 e. The number of hydrogen-bond donors (Lipinski definition) is 0. The molecular formula is C20H30N6O. The number of rotatable bonds is 6. The fourth-order valence-electron chi connectivity index (χ4n) is 3.93. The zero-order valence-corrected chi connectivity index (χ0v) is 16.6. The Morgan fingerprint density at radius 3 is 2.81 bits per heavy atom. The molecule has 2 aliphatic rings. The zero-order chi connectivity index (χ0) is 19.0. The highest BCUT2D eigenvalue weighted by molar-refractivity contribution is 5.92. The number of nitrogens with zero attached hydrogens (tertiary/aromatic N) is 6. The molecule has 3 heterocycles. The molecule has 7 heteroatoms. The van der Waals surface area contributed by atoms with Crippen molar-refractivity contribution in [3.8, 4) is 0 Å². The molecule has 1 unspecified atom stereocenters. The quantitative estimate of drug-likeness (QED) is 0.784. The topological polar surface area (TPSA) is 68.8 Å². The number of amides is 1. The van der Waals surface area contributed by atoms with Crippen LogP contribution in [0.5, 0.6) is 0 Å². The van der Waals surface area contributed by atoms with E-state index in [4.69, 9.17) is 0 Å². The van der Waals surface area contributed by atoms with Gasteiger partial charge >= 0.3 is 0 Å². The van der Waals surface area contributed by atoms with Gasteiger partial charge in [0.05, 0.1) is 11.4 Å². The highest BCUT2D eigenvalue weighted by Crippen LogP contribution is 2.38. The third-order valence-electron chi connectivity index (χ3n) is 5.71. The Hall–Kier alpha value is -2.18. The molecule has 7 nitrogen and oxygen atoms in total. The fraction of sp³-hybridized carbons (Fsp3) is 0.700. The van der Waals surface area contributed by atoms with Crippen molar-refractivity contribution in [1.82, 2.24) is 29.7 Å². The molecule has 0 aromatic carbocycles. The van der Waals surface area contributed by atoms with Crippen LogP contribution in [0.4, 0.5) is 0 Å². The van der Waals surface area contributed by atoms with Crippen molar-refractivity contribution in [2.45, 2.75) is 71.4 Å². The van der Waals surface area contributed by atoms with Crippen molar-refractivity contribution in [2.75, 3.05) is 13.1 Å². The first-order valence-electron chi connectivity index (χ1n) is 10.3. The van der Waals surface area contributed by atoms with E-state index < -0.39 is 0 Å². The molecule has 4 rings (SSSR count). The summed E-state index contributed by atoms with van der Waals surface area (Å²) < 4.78 is 3.82. The summed E-state index contributed by atoms with van der Waals surface area (Å²) in [5.41, 5.74) is 2.84. The molecule has 0 bridgehead atoms. The largest absolute Gasteiger partial charge is 0.337 e. The summed E-state index contributed by atoms with van der Waals surface area (Å²) >= 11 is 0. The molecule has 1 amide bonds. The minimum absolute atomic E-state index is 0.109. The van der Waals surface area contributed by atoms with E-state index in [1.807, 2.05) is 27.3 Å². The van der Waals surface area contributed by atoms with Crippen LogP contribution in [-0.4, -0.2) is 48.7 Å². The number of hydrogen-bond acceptors (Lipinski definition) is 4. The number of likely N-dealkylation sites (tertiary alicyclic amines) is 1. The van der Waals surface area contributed by atoms with E-state index in [-0.39, 0.29) is 5.91 Å². The van der Waals surface area contributed by atoms with E-state index >= 15 is 0 Å². The van der Waals surface area contributed by atoms with Crippen LogP contribution in [0.1, 0.15) is 80.2 Å². The van der Waals surface area contributed by atoms with Gasteiger partial charge < -0.3 is 4.90 Å². The molecule has 0 N–H and O–H groups in total. The molecule has 1 saturated carbocycles. The Labute approximate surface area is 160 Å². The third kappa shape index (κ3) is 3.92. The second-order valence-corrected chi connectivity index (χ2v) is 8.32. The first kappa shape index (κ1) is 18.2. The van der Waals surface area contributed by atoms with Crippen LogP contribution in [0.25, 0.3) is 0 Å². The second-order valence-electron chi connectivity index (χ2n) is 8.32. The SMILES string of the molecule is CCn1nc(C(C)C)cc1C(=O)N1CCCC(Cn2cc(C3CC3)nn2)C1. The van der Waals surface area contributed by atoms with Gasteiger partial charge in [-0.05, 0) is 50.5 Å². The lowest BCUT2D eigenvalue weighted by molar-refractivity contribution is 0.0647. The smallest absolute Gasteiger partial charge is 0.272 e. The van der Waals surface area contributed by atoms with E-state index in [9.17, 15) is 4.79 Å². The van der Waals surface area contributed by atoms with Gasteiger partial charge in [-0.1, -0.05) is 19.1 Å². The third-order valence-corrected chi connectivity index (χ3v) is 5.71. The highest BCUT2D eigenvalue weighted by atomic mass is 16.2. The summed E-state index contributed by atoms with van der Waals surface area (Å²) in [7, 11) is 0. The predicted octanol–water partition coefficient (Wildman–Crippen LogP) is 3.05. The van der Waals surface area contributed by atoms with E-state index in [0.717, 1.165) is 49.6 Å². The Bertz CT molecular complexity index is 803. The number of aryl methyl sites for hydroxylation is 1. The minimum Gasteiger partial charge on any atom is -0.337 e. The first-order chi connectivity index (χ1) is 13.0. The van der Waals surface area contributed by atoms with E-state index in [1.54, 1.807) is 0 Å². The lowest BCUT2D eigenvalue weighted by Crippen LogP contribution is -2.41. The zero-order valence-electron chi connectivity index (χ0n) is 16.6. The van der Waals surface area contributed by atoms with Crippen molar-refractivity contribution in [3.05, 3.63) is 29.3 Å². The van der Waals surface area contributed by atoms with Crippen LogP contribution in [0.3, 0.4) is 0 Å². The summed E-state index contributed by atoms with van der Waals surface area (Å²) in [4.78, 5) is 15.1. The molecule has 1 saturated heterocycles. The van der Waals surface area contributed by atoms with Gasteiger partial charge in [0.2, 0.25) is 0 Å². The molecule has 27 heavy (non-hydrogen) atoms. The van der Waals surface area contributed by atoms with Gasteiger partial charge in [-0.2, -0.15) is 5.10 Å². The fourth-order valence-corrected chi connectivity index (χ4v) is 3.93. The normalized spacial score (nSPS) is 20.4. The lowest BCUT2D eigenvalue weighted by atomic mass is 9.97. The van der Waals surface area contributed by atoms with Gasteiger partial charge in [-0.15, -0.1) is 5.10 Å². The average molecular weight is 371 g/mol. The maximum atomic E-state index is 13.1. The summed E-state index contributed by atoms with van der Waals surface area (Å²) in [6.45, 7) is 9.43. The second kappa shape index (κ2) is 7.44. The first-order valence-corrected chi connectivity index (χ1v) is 10.3. The Kier molecular flexibility index (Phi) is 5.02. The highest BCUT2D eigenvalue weighted by Gasteiger charge is 2.29. The molecule has 1 aliphatic carbocycles. The van der Waals surface area contributed by atoms with Crippen LogP contribution >= 0.6 is 0 Å². The monoisotopic (exact) mass is 370 g/mol. The molecule has 0 radical (unpaired) electrons. The van der Waals surface area contributed by atoms with E-state index in [0.29, 0.717) is 24.3 Å². The number of carbonyl (C=O) groups excluding carboxylic acids is 1. The van der Waals surface area contributed by atoms with Gasteiger partial charge in [0.25, 0.3) is 5.91 Å². The standard InChI is InChI=1S/C20H30N6O/c1-4-26-19(10-17(22-26)14(2)3)20(27)24-9-5-6-15(11-24)12-25-13-18(21-23-25)16-7-8-16/h10,13-16H,4-9,11-12H2,1-3H3. The molecule has 2 fully saturated rings. The number of aromatic nitrogens is 5. The van der Waals surface area contributed by atoms with Gasteiger partial charge in [0, 0.05) is 38.3 Å². The average Bonchev–Trinajstić information content (AvgIpc) is 3.25. The summed E-state index contributed by atoms with van der Waals surface area (Å²) in [6.07, 6.45) is 6.76. The number of piperidine rings is 1. The van der Waals surface area contributed by atoms with Crippen LogP contribution in [-0.2, 0) is 13.1 Å². The lowest BCUT2D eigenvalue weighted by Gasteiger charge is -2.32. The predicted molar refractivity (Wildman–Crippen MR) is 103 cm³/mol. The summed E-state index contributed by atoms with van der Waals surface area (Å²) in [5.74, 6) is 1.50. The van der Waals surface area contributed by atoms with Crippen molar-refractivity contribution in [1.29, 1.82) is 0 Å². The van der Waals surface area contributed by atoms with Crippen LogP contribution in [0.15, 0.2) is 12.3 Å². The molecule has 146 valence electrons. The van der Waals surface area contributed by atoms with Crippen molar-refractivity contribution >= 4 is 5.91 Å². The summed E-state index contributed by atoms with van der Waals surface area (Å²) in [5, 5.41) is 13.2. The van der Waals surface area contributed by atoms with Gasteiger partial charge in [0.15, 0.2) is 0 Å². The Morgan fingerprint density at radius 2 is 2.11 bits per heavy atom. The number of carbonyl (C=O) groups is 1. The van der Waals surface area contributed by atoms with Crippen molar-refractivity contribution < 1.29 is 4.79 Å². The minimum atomic E-state index is 0.109. The van der Waals surface area contributed by atoms with Crippen molar-refractivity contribution in [2.24, 2.45) is 5.92 Å². The van der Waals surface area contributed by atoms with Gasteiger partial charge in [-0.3, -0.25) is 14.2 Å². The van der Waals surface area contributed by atoms with Crippen molar-refractivity contribution in [3.63, 3.8) is 0 Å². The van der Waals surface area contributed by atoms with Gasteiger partial charge in [-0.25, -0.2) is 0 Å². The van der Waals surface area contributed by atoms with Crippen LogP contribution in [0, 0.1) is 5.92 Å².